The van der Waals surface area contributed by atoms with E-state index >= 15 is 13.2 Å². The molecule has 68 heavy (non-hydrogen) atoms. The second-order valence-corrected chi connectivity index (χ2v) is 18.9. The highest BCUT2D eigenvalue weighted by molar-refractivity contribution is 7.27. The third kappa shape index (κ3) is 5.77. The number of para-hydroxylation sites is 2. The molecule has 0 unspecified atom stereocenters. The predicted molar refractivity (Wildman–Crippen MR) is 266 cm³/mol. The molecule has 0 fully saturated rings. The van der Waals surface area contributed by atoms with Gasteiger partial charge in [-0.25, -0.2) is 0 Å². The standard InChI is InChI=1S/C57H29F6N3S2/c58-56(59,60)32-23-24-33(41(29-32)57(61,62)63)36-16-10-20-45(66-43-18-6-2-15-40(43)53-47(66)28-26-38-35-13-4-8-22-49(35)68-55(38)53)51(36)50-31(30-64)11-9-19-44(50)65-42-17-5-1-14-39(42)52-46(65)27-25-37-34-12-3-7-21-48(34)67-54(37)52/h1-29H. The molecule has 0 saturated carbocycles. The number of alkyl halides is 6. The van der Waals surface area contributed by atoms with Crippen molar-refractivity contribution in [2.45, 2.75) is 12.4 Å². The van der Waals surface area contributed by atoms with Crippen LogP contribution >= 0.6 is 22.7 Å². The van der Waals surface area contributed by atoms with Crippen LogP contribution in [0.4, 0.5) is 26.3 Å². The predicted octanol–water partition coefficient (Wildman–Crippen LogP) is 17.9. The first-order valence-electron chi connectivity index (χ1n) is 21.6. The van der Waals surface area contributed by atoms with Gasteiger partial charge in [0.15, 0.2) is 0 Å². The zero-order valence-corrected chi connectivity index (χ0v) is 36.8. The normalized spacial score (nSPS) is 12.5. The summed E-state index contributed by atoms with van der Waals surface area (Å²) in [5.41, 5.74) is 1.52. The molecule has 0 aliphatic carbocycles. The molecule has 0 radical (unpaired) electrons. The van der Waals surface area contributed by atoms with Gasteiger partial charge >= 0.3 is 12.4 Å². The van der Waals surface area contributed by atoms with E-state index in [2.05, 4.69) is 53.1 Å². The molecule has 0 aliphatic heterocycles. The summed E-state index contributed by atoms with van der Waals surface area (Å²) < 4.78 is 97.5. The van der Waals surface area contributed by atoms with Crippen molar-refractivity contribution in [3.8, 4) is 39.7 Å². The Morgan fingerprint density at radius 2 is 0.912 bits per heavy atom. The van der Waals surface area contributed by atoms with Gasteiger partial charge in [-0.3, -0.25) is 0 Å². The van der Waals surface area contributed by atoms with Gasteiger partial charge in [-0.05, 0) is 77.9 Å². The van der Waals surface area contributed by atoms with E-state index in [1.54, 1.807) is 40.9 Å². The molecule has 0 atom stereocenters. The molecule has 13 aromatic rings. The molecule has 0 bridgehead atoms. The zero-order valence-electron chi connectivity index (χ0n) is 35.2. The number of nitriles is 1. The van der Waals surface area contributed by atoms with E-state index in [4.69, 9.17) is 0 Å². The molecule has 13 rings (SSSR count). The van der Waals surface area contributed by atoms with Crippen LogP contribution in [-0.2, 0) is 12.4 Å². The summed E-state index contributed by atoms with van der Waals surface area (Å²) in [6, 6.07) is 54.8. The summed E-state index contributed by atoms with van der Waals surface area (Å²) in [6.07, 6.45) is -10.2. The second kappa shape index (κ2) is 14.5. The highest BCUT2D eigenvalue weighted by atomic mass is 32.1. The minimum Gasteiger partial charge on any atom is -0.309 e. The number of thiophene rings is 2. The lowest BCUT2D eigenvalue weighted by molar-refractivity contribution is -0.142. The molecule has 326 valence electrons. The Kier molecular flexibility index (Phi) is 8.63. The first-order chi connectivity index (χ1) is 33.0. The number of aromatic nitrogens is 2. The van der Waals surface area contributed by atoms with Gasteiger partial charge in [0, 0.05) is 73.0 Å². The van der Waals surface area contributed by atoms with Crippen LogP contribution < -0.4 is 0 Å². The van der Waals surface area contributed by atoms with Gasteiger partial charge in [0.25, 0.3) is 0 Å². The summed E-state index contributed by atoms with van der Waals surface area (Å²) >= 11 is 3.34. The van der Waals surface area contributed by atoms with Crippen molar-refractivity contribution >= 4 is 107 Å². The zero-order chi connectivity index (χ0) is 46.2. The molecular weight excluding hydrogens is 905 g/mol. The molecule has 4 aromatic heterocycles. The fourth-order valence-electron chi connectivity index (χ4n) is 10.5. The van der Waals surface area contributed by atoms with Crippen molar-refractivity contribution in [2.24, 2.45) is 0 Å². The number of halogens is 6. The fraction of sp³-hybridized carbons (Fsp3) is 0.0351. The quantitative estimate of drug-likeness (QED) is 0.162. The second-order valence-electron chi connectivity index (χ2n) is 16.8. The summed E-state index contributed by atoms with van der Waals surface area (Å²) in [6.45, 7) is 0. The van der Waals surface area contributed by atoms with Gasteiger partial charge in [0.05, 0.1) is 56.2 Å². The van der Waals surface area contributed by atoms with E-state index in [0.29, 0.717) is 23.0 Å². The maximum Gasteiger partial charge on any atom is 0.417 e. The Morgan fingerprint density at radius 3 is 1.44 bits per heavy atom. The average molecular weight is 934 g/mol. The first kappa shape index (κ1) is 40.4. The summed E-state index contributed by atoms with van der Waals surface area (Å²) in [7, 11) is 0. The maximum atomic E-state index is 15.4. The van der Waals surface area contributed by atoms with Crippen LogP contribution in [0.15, 0.2) is 176 Å². The number of rotatable bonds is 4. The Hall–Kier alpha value is -7.91. The summed E-state index contributed by atoms with van der Waals surface area (Å²) in [5.74, 6) is 0. The summed E-state index contributed by atoms with van der Waals surface area (Å²) in [5, 5.41) is 19.4. The van der Waals surface area contributed by atoms with E-state index in [0.717, 1.165) is 90.0 Å². The van der Waals surface area contributed by atoms with Gasteiger partial charge < -0.3 is 9.13 Å². The minimum atomic E-state index is -5.19. The molecule has 0 amide bonds. The Balaban J connectivity index is 1.21. The molecule has 0 saturated heterocycles. The van der Waals surface area contributed by atoms with Crippen molar-refractivity contribution in [1.82, 2.24) is 9.13 Å². The van der Waals surface area contributed by atoms with Crippen LogP contribution in [0.1, 0.15) is 16.7 Å². The van der Waals surface area contributed by atoms with Crippen molar-refractivity contribution in [2.75, 3.05) is 0 Å². The SMILES string of the molecule is N#Cc1cccc(-n2c3ccccc3c3c4sc5ccccc5c4ccc32)c1-c1c(-c2ccc(C(F)(F)F)cc2C(F)(F)F)cccc1-n1c2ccccc2c2c3sc4ccccc4c3ccc21. The van der Waals surface area contributed by atoms with Crippen molar-refractivity contribution < 1.29 is 26.3 Å². The van der Waals surface area contributed by atoms with Crippen LogP contribution in [0, 0.1) is 11.3 Å². The number of nitrogens with zero attached hydrogens (tertiary/aromatic N) is 3. The van der Waals surface area contributed by atoms with Crippen molar-refractivity contribution in [3.63, 3.8) is 0 Å². The Labute approximate surface area is 390 Å². The van der Waals surface area contributed by atoms with E-state index in [9.17, 15) is 18.4 Å². The monoisotopic (exact) mass is 933 g/mol. The Bertz CT molecular complexity index is 4330. The third-order valence-corrected chi connectivity index (χ3v) is 15.6. The number of hydrogen-bond acceptors (Lipinski definition) is 3. The molecule has 0 spiro atoms. The molecule has 3 nitrogen and oxygen atoms in total. The molecule has 9 aromatic carbocycles. The average Bonchev–Trinajstić information content (AvgIpc) is 4.10. The molecular formula is C57H29F6N3S2. The van der Waals surface area contributed by atoms with Crippen LogP contribution in [0.5, 0.6) is 0 Å². The molecule has 0 N–H and O–H groups in total. The van der Waals surface area contributed by atoms with Crippen molar-refractivity contribution in [1.29, 1.82) is 5.26 Å². The lowest BCUT2D eigenvalue weighted by atomic mass is 9.86. The van der Waals surface area contributed by atoms with Crippen LogP contribution in [0.25, 0.3) is 118 Å². The van der Waals surface area contributed by atoms with Gasteiger partial charge in [-0.1, -0.05) is 109 Å². The van der Waals surface area contributed by atoms with Gasteiger partial charge in [-0.15, -0.1) is 22.7 Å². The van der Waals surface area contributed by atoms with Crippen LogP contribution in [-0.4, -0.2) is 9.13 Å². The van der Waals surface area contributed by atoms with E-state index in [1.165, 1.54) is 6.07 Å². The smallest absolute Gasteiger partial charge is 0.309 e. The maximum absolute atomic E-state index is 15.4. The lowest BCUT2D eigenvalue weighted by Crippen LogP contribution is -2.13. The topological polar surface area (TPSA) is 33.6 Å². The highest BCUT2D eigenvalue weighted by Crippen LogP contribution is 2.51. The largest absolute Gasteiger partial charge is 0.417 e. The van der Waals surface area contributed by atoms with E-state index in [-0.39, 0.29) is 22.8 Å². The van der Waals surface area contributed by atoms with E-state index < -0.39 is 29.0 Å². The summed E-state index contributed by atoms with van der Waals surface area (Å²) in [4.78, 5) is 0. The van der Waals surface area contributed by atoms with Crippen LogP contribution in [0.2, 0.25) is 0 Å². The third-order valence-electron chi connectivity index (χ3n) is 13.2. The van der Waals surface area contributed by atoms with Gasteiger partial charge in [-0.2, -0.15) is 31.6 Å². The van der Waals surface area contributed by atoms with Gasteiger partial charge in [0.1, 0.15) is 0 Å². The minimum absolute atomic E-state index is 0.00837. The molecule has 11 heteroatoms. The van der Waals surface area contributed by atoms with Gasteiger partial charge in [0.2, 0.25) is 0 Å². The molecule has 4 heterocycles. The van der Waals surface area contributed by atoms with E-state index in [1.807, 2.05) is 95.6 Å². The number of fused-ring (bicyclic) bond motifs is 14. The highest BCUT2D eigenvalue weighted by Gasteiger charge is 2.39. The first-order valence-corrected chi connectivity index (χ1v) is 23.3. The number of benzene rings is 9. The Morgan fingerprint density at radius 1 is 0.412 bits per heavy atom. The fourth-order valence-corrected chi connectivity index (χ4v) is 13.0. The van der Waals surface area contributed by atoms with Crippen molar-refractivity contribution in [3.05, 3.63) is 193 Å². The van der Waals surface area contributed by atoms with Crippen LogP contribution in [0.3, 0.4) is 0 Å². The molecule has 0 aliphatic rings. The number of hydrogen-bond donors (Lipinski definition) is 0. The lowest BCUT2D eigenvalue weighted by Gasteiger charge is -2.24.